The topological polar surface area (TPSA) is 66.0 Å². The maximum Gasteiger partial charge on any atom is 0.270 e. The Bertz CT molecular complexity index is 827. The van der Waals surface area contributed by atoms with Crippen LogP contribution in [0.25, 0.3) is 0 Å². The molecule has 4 rings (SSSR count). The van der Waals surface area contributed by atoms with Crippen LogP contribution in [-0.4, -0.2) is 32.0 Å². The van der Waals surface area contributed by atoms with E-state index in [2.05, 4.69) is 23.7 Å². The number of hydrogen-bond donors (Lipinski definition) is 1. The largest absolute Gasteiger partial charge is 0.493 e. The van der Waals surface area contributed by atoms with Gasteiger partial charge in [0.15, 0.2) is 17.3 Å². The molecule has 1 aromatic rings. The SMILES string of the molecule is COc1ccc([C@H]2C[C@H]3CC(C(=O)NOC(C)(C)OC)=C[C@H]3C2)cc1OC1CCCC1. The lowest BCUT2D eigenvalue weighted by Crippen LogP contribution is -2.37. The molecule has 2 fully saturated rings. The number of benzene rings is 1. The van der Waals surface area contributed by atoms with Gasteiger partial charge in [-0.3, -0.25) is 4.79 Å². The van der Waals surface area contributed by atoms with Gasteiger partial charge < -0.3 is 14.2 Å². The second-order valence-electron chi connectivity index (χ2n) is 9.56. The highest BCUT2D eigenvalue weighted by atomic mass is 16.8. The van der Waals surface area contributed by atoms with E-state index >= 15 is 0 Å². The number of hydrogen-bond acceptors (Lipinski definition) is 5. The van der Waals surface area contributed by atoms with Crippen molar-refractivity contribution in [2.24, 2.45) is 11.8 Å². The van der Waals surface area contributed by atoms with E-state index in [0.717, 1.165) is 49.2 Å². The number of rotatable bonds is 8. The molecule has 31 heavy (non-hydrogen) atoms. The van der Waals surface area contributed by atoms with E-state index in [0.29, 0.717) is 23.9 Å². The molecule has 0 heterocycles. The molecule has 3 atom stereocenters. The van der Waals surface area contributed by atoms with Crippen molar-refractivity contribution in [3.8, 4) is 11.5 Å². The Morgan fingerprint density at radius 3 is 2.55 bits per heavy atom. The van der Waals surface area contributed by atoms with Gasteiger partial charge in [0.05, 0.1) is 13.2 Å². The Morgan fingerprint density at radius 1 is 1.10 bits per heavy atom. The van der Waals surface area contributed by atoms with Gasteiger partial charge in [0.25, 0.3) is 5.91 Å². The van der Waals surface area contributed by atoms with Gasteiger partial charge in [0, 0.05) is 12.7 Å². The molecule has 0 aliphatic heterocycles. The molecular formula is C25H35NO5. The van der Waals surface area contributed by atoms with Crippen LogP contribution in [0.2, 0.25) is 0 Å². The van der Waals surface area contributed by atoms with E-state index in [4.69, 9.17) is 19.0 Å². The van der Waals surface area contributed by atoms with Gasteiger partial charge in [-0.25, -0.2) is 10.3 Å². The quantitative estimate of drug-likeness (QED) is 0.471. The van der Waals surface area contributed by atoms with Crippen molar-refractivity contribution in [3.63, 3.8) is 0 Å². The number of carbonyl (C=O) groups is 1. The molecular weight excluding hydrogens is 394 g/mol. The van der Waals surface area contributed by atoms with E-state index in [1.54, 1.807) is 28.1 Å². The molecule has 1 aromatic carbocycles. The number of hydroxylamine groups is 1. The van der Waals surface area contributed by atoms with Crippen LogP contribution in [0.1, 0.15) is 70.3 Å². The number of ether oxygens (including phenoxy) is 3. The lowest BCUT2D eigenvalue weighted by molar-refractivity contribution is -0.230. The molecule has 1 N–H and O–H groups in total. The highest BCUT2D eigenvalue weighted by molar-refractivity contribution is 5.93. The Kier molecular flexibility index (Phi) is 6.58. The fraction of sp³-hybridized carbons (Fsp3) is 0.640. The Morgan fingerprint density at radius 2 is 1.87 bits per heavy atom. The monoisotopic (exact) mass is 429 g/mol. The first kappa shape index (κ1) is 22.2. The average Bonchev–Trinajstić information content (AvgIpc) is 3.48. The molecule has 0 saturated heterocycles. The third-order valence-electron chi connectivity index (χ3n) is 7.07. The molecule has 170 valence electrons. The summed E-state index contributed by atoms with van der Waals surface area (Å²) in [5.41, 5.74) is 4.67. The summed E-state index contributed by atoms with van der Waals surface area (Å²) in [6, 6.07) is 6.39. The zero-order valence-corrected chi connectivity index (χ0v) is 19.1. The summed E-state index contributed by atoms with van der Waals surface area (Å²) in [5.74, 6) is 2.10. The standard InChI is InChI=1S/C25H35NO5/c1-25(2,29-4)31-26-24(27)20-13-18-11-17(12-19(18)14-20)16-9-10-22(28-3)23(15-16)30-21-7-5-6-8-21/h9-10,13,15,17-19,21H,5-8,11-12,14H2,1-4H3,(H,26,27)/t17-,18-,19+/m1/s1. The smallest absolute Gasteiger partial charge is 0.270 e. The summed E-state index contributed by atoms with van der Waals surface area (Å²) in [7, 11) is 3.25. The maximum absolute atomic E-state index is 12.5. The van der Waals surface area contributed by atoms with Crippen molar-refractivity contribution in [1.29, 1.82) is 0 Å². The molecule has 0 spiro atoms. The van der Waals surface area contributed by atoms with E-state index in [-0.39, 0.29) is 5.91 Å². The zero-order valence-electron chi connectivity index (χ0n) is 19.1. The molecule has 6 heteroatoms. The van der Waals surface area contributed by atoms with Crippen LogP contribution in [0.5, 0.6) is 11.5 Å². The Hall–Kier alpha value is -2.05. The van der Waals surface area contributed by atoms with Crippen LogP contribution in [-0.2, 0) is 14.4 Å². The van der Waals surface area contributed by atoms with Crippen LogP contribution in [0.4, 0.5) is 0 Å². The number of methoxy groups -OCH3 is 2. The van der Waals surface area contributed by atoms with Gasteiger partial charge in [-0.15, -0.1) is 0 Å². The maximum atomic E-state index is 12.5. The summed E-state index contributed by atoms with van der Waals surface area (Å²) in [5, 5.41) is 0. The van der Waals surface area contributed by atoms with Gasteiger partial charge in [0.1, 0.15) is 0 Å². The summed E-state index contributed by atoms with van der Waals surface area (Å²) in [6.45, 7) is 3.52. The first-order chi connectivity index (χ1) is 14.9. The van der Waals surface area contributed by atoms with Crippen LogP contribution in [0, 0.1) is 11.8 Å². The number of carbonyl (C=O) groups excluding carboxylic acids is 1. The third kappa shape index (κ3) is 5.07. The second-order valence-corrected chi connectivity index (χ2v) is 9.56. The predicted molar refractivity (Wildman–Crippen MR) is 118 cm³/mol. The first-order valence-electron chi connectivity index (χ1n) is 11.5. The van der Waals surface area contributed by atoms with Crippen LogP contribution < -0.4 is 15.0 Å². The Labute approximate surface area is 185 Å². The van der Waals surface area contributed by atoms with Crippen molar-refractivity contribution in [3.05, 3.63) is 35.4 Å². The van der Waals surface area contributed by atoms with Crippen LogP contribution in [0.15, 0.2) is 29.8 Å². The predicted octanol–water partition coefficient (Wildman–Crippen LogP) is 4.89. The Balaban J connectivity index is 1.39. The molecule has 0 aromatic heterocycles. The van der Waals surface area contributed by atoms with E-state index in [9.17, 15) is 4.79 Å². The highest BCUT2D eigenvalue weighted by Crippen LogP contribution is 2.50. The van der Waals surface area contributed by atoms with Gasteiger partial charge in [-0.2, -0.15) is 0 Å². The van der Waals surface area contributed by atoms with E-state index in [1.807, 2.05) is 6.07 Å². The van der Waals surface area contributed by atoms with Crippen LogP contribution in [0.3, 0.4) is 0 Å². The first-order valence-corrected chi connectivity index (χ1v) is 11.5. The minimum Gasteiger partial charge on any atom is -0.493 e. The second kappa shape index (κ2) is 9.21. The lowest BCUT2D eigenvalue weighted by Gasteiger charge is -2.22. The highest BCUT2D eigenvalue weighted by Gasteiger charge is 2.40. The van der Waals surface area contributed by atoms with E-state index < -0.39 is 5.79 Å². The summed E-state index contributed by atoms with van der Waals surface area (Å²) in [6.07, 6.45) is 10.1. The van der Waals surface area contributed by atoms with Crippen molar-refractivity contribution in [2.75, 3.05) is 14.2 Å². The fourth-order valence-electron chi connectivity index (χ4n) is 5.15. The molecule has 3 aliphatic rings. The lowest BCUT2D eigenvalue weighted by atomic mass is 9.94. The molecule has 3 aliphatic carbocycles. The number of nitrogens with one attached hydrogen (secondary N) is 1. The van der Waals surface area contributed by atoms with Gasteiger partial charge in [-0.1, -0.05) is 12.1 Å². The summed E-state index contributed by atoms with van der Waals surface area (Å²) >= 11 is 0. The van der Waals surface area contributed by atoms with Crippen molar-refractivity contribution in [2.45, 2.75) is 76.6 Å². The summed E-state index contributed by atoms with van der Waals surface area (Å²) in [4.78, 5) is 17.8. The minimum absolute atomic E-state index is 0.159. The molecule has 6 nitrogen and oxygen atoms in total. The molecule has 1 amide bonds. The third-order valence-corrected chi connectivity index (χ3v) is 7.07. The van der Waals surface area contributed by atoms with Gasteiger partial charge in [-0.05, 0) is 94.2 Å². The molecule has 0 radical (unpaired) electrons. The molecule has 2 saturated carbocycles. The van der Waals surface area contributed by atoms with E-state index in [1.165, 1.54) is 18.4 Å². The molecule has 0 unspecified atom stereocenters. The number of amides is 1. The zero-order chi connectivity index (χ0) is 22.0. The van der Waals surface area contributed by atoms with Crippen molar-refractivity contribution >= 4 is 5.91 Å². The normalized spacial score (nSPS) is 25.9. The number of allylic oxidation sites excluding steroid dienone is 1. The minimum atomic E-state index is -0.845. The van der Waals surface area contributed by atoms with Gasteiger partial charge in [0.2, 0.25) is 0 Å². The fourth-order valence-corrected chi connectivity index (χ4v) is 5.15. The summed E-state index contributed by atoms with van der Waals surface area (Å²) < 4.78 is 17.0. The number of fused-ring (bicyclic) bond motifs is 1. The van der Waals surface area contributed by atoms with Crippen LogP contribution >= 0.6 is 0 Å². The average molecular weight is 430 g/mol. The molecule has 0 bridgehead atoms. The van der Waals surface area contributed by atoms with Gasteiger partial charge >= 0.3 is 0 Å². The van der Waals surface area contributed by atoms with Crippen molar-refractivity contribution in [1.82, 2.24) is 5.48 Å². The van der Waals surface area contributed by atoms with Crippen molar-refractivity contribution < 1.29 is 23.8 Å².